The van der Waals surface area contributed by atoms with Gasteiger partial charge in [0.15, 0.2) is 5.65 Å². The molecule has 1 aliphatic carbocycles. The Morgan fingerprint density at radius 2 is 2.17 bits per heavy atom. The number of alkyl halides is 4. The van der Waals surface area contributed by atoms with Crippen LogP contribution in [0.3, 0.4) is 0 Å². The standard InChI is InChI=1S/C18H18F4N6OS/c19-15(20)10-7-30-8-12(10)26-17(29)9-6-24-28-5-3-13(27-16(9)28)25-11-2-1-4-18(21,22)14(11)23/h3,5-8,11,14-15H,1-2,4,23H2,(H,25,27)(H,26,29)/t11-,14-/m1/s1. The first kappa shape index (κ1) is 20.5. The van der Waals surface area contributed by atoms with Crippen LogP contribution in [0.1, 0.15) is 41.6 Å². The molecule has 0 aromatic carbocycles. The Hall–Kier alpha value is -2.73. The highest BCUT2D eigenvalue weighted by molar-refractivity contribution is 7.08. The van der Waals surface area contributed by atoms with Gasteiger partial charge in [-0.25, -0.2) is 27.1 Å². The maximum atomic E-state index is 13.9. The molecular weight excluding hydrogens is 424 g/mol. The third-order valence-corrected chi connectivity index (χ3v) is 5.83. The molecular formula is C18H18F4N6OS. The summed E-state index contributed by atoms with van der Waals surface area (Å²) in [4.78, 5) is 16.9. The molecule has 0 saturated heterocycles. The van der Waals surface area contributed by atoms with Crippen LogP contribution in [0.25, 0.3) is 5.65 Å². The first-order valence-corrected chi connectivity index (χ1v) is 10.1. The van der Waals surface area contributed by atoms with Crippen molar-refractivity contribution < 1.29 is 22.4 Å². The van der Waals surface area contributed by atoms with Crippen LogP contribution >= 0.6 is 11.3 Å². The number of amides is 1. The molecule has 7 nitrogen and oxygen atoms in total. The number of carbonyl (C=O) groups is 1. The van der Waals surface area contributed by atoms with Crippen LogP contribution in [0.15, 0.2) is 29.2 Å². The van der Waals surface area contributed by atoms with Gasteiger partial charge in [-0.15, -0.1) is 11.3 Å². The first-order chi connectivity index (χ1) is 14.3. The van der Waals surface area contributed by atoms with Crippen molar-refractivity contribution >= 4 is 34.4 Å². The highest BCUT2D eigenvalue weighted by atomic mass is 32.1. The summed E-state index contributed by atoms with van der Waals surface area (Å²) >= 11 is 1.04. The van der Waals surface area contributed by atoms with E-state index in [9.17, 15) is 22.4 Å². The molecule has 3 aromatic heterocycles. The number of rotatable bonds is 5. The maximum absolute atomic E-state index is 13.9. The van der Waals surface area contributed by atoms with E-state index in [0.717, 1.165) is 11.3 Å². The Kier molecular flexibility index (Phi) is 5.36. The maximum Gasteiger partial charge on any atom is 0.266 e. The number of fused-ring (bicyclic) bond motifs is 1. The Labute approximate surface area is 172 Å². The van der Waals surface area contributed by atoms with E-state index in [1.807, 2.05) is 0 Å². The van der Waals surface area contributed by atoms with Gasteiger partial charge >= 0.3 is 0 Å². The van der Waals surface area contributed by atoms with E-state index >= 15 is 0 Å². The molecule has 0 aliphatic heterocycles. The lowest BCUT2D eigenvalue weighted by molar-refractivity contribution is -0.0554. The Bertz CT molecular complexity index is 1070. The zero-order valence-electron chi connectivity index (χ0n) is 15.5. The van der Waals surface area contributed by atoms with Crippen LogP contribution in [0.5, 0.6) is 0 Å². The first-order valence-electron chi connectivity index (χ1n) is 9.16. The van der Waals surface area contributed by atoms with Crippen LogP contribution in [-0.4, -0.2) is 38.5 Å². The fraction of sp³-hybridized carbons (Fsp3) is 0.389. The molecule has 3 heterocycles. The van der Waals surface area contributed by atoms with Crippen molar-refractivity contribution in [2.75, 3.05) is 10.6 Å². The van der Waals surface area contributed by atoms with E-state index in [0.29, 0.717) is 12.8 Å². The molecule has 0 unspecified atom stereocenters. The van der Waals surface area contributed by atoms with Crippen molar-refractivity contribution in [2.45, 2.75) is 43.7 Å². The molecule has 1 fully saturated rings. The van der Waals surface area contributed by atoms with Gasteiger partial charge in [0.2, 0.25) is 0 Å². The van der Waals surface area contributed by atoms with Crippen LogP contribution < -0.4 is 16.4 Å². The average Bonchev–Trinajstić information content (AvgIpc) is 3.32. The van der Waals surface area contributed by atoms with Crippen molar-refractivity contribution in [1.82, 2.24) is 14.6 Å². The molecule has 30 heavy (non-hydrogen) atoms. The summed E-state index contributed by atoms with van der Waals surface area (Å²) in [6.07, 6.45) is 0.593. The van der Waals surface area contributed by atoms with Crippen LogP contribution in [0, 0.1) is 0 Å². The molecule has 0 radical (unpaired) electrons. The minimum atomic E-state index is -2.97. The molecule has 1 amide bonds. The fourth-order valence-corrected chi connectivity index (χ4v) is 4.20. The second-order valence-electron chi connectivity index (χ2n) is 7.06. The number of hydrogen-bond acceptors (Lipinski definition) is 6. The number of hydrogen-bond donors (Lipinski definition) is 3. The van der Waals surface area contributed by atoms with Gasteiger partial charge in [-0.2, -0.15) is 5.10 Å². The van der Waals surface area contributed by atoms with E-state index < -0.39 is 30.3 Å². The van der Waals surface area contributed by atoms with Gasteiger partial charge in [0.05, 0.1) is 23.5 Å². The SMILES string of the molecule is N[C@@H]1[C@H](Nc2ccn3ncc(C(=O)Nc4cscc4C(F)F)c3n2)CCCC1(F)F. The van der Waals surface area contributed by atoms with Gasteiger partial charge in [-0.3, -0.25) is 4.79 Å². The molecule has 2 atom stereocenters. The lowest BCUT2D eigenvalue weighted by Crippen LogP contribution is -2.55. The number of halogens is 4. The highest BCUT2D eigenvalue weighted by Gasteiger charge is 2.44. The number of carbonyl (C=O) groups excluding carboxylic acids is 1. The Morgan fingerprint density at radius 3 is 2.93 bits per heavy atom. The largest absolute Gasteiger partial charge is 0.365 e. The molecule has 0 spiro atoms. The molecule has 3 aromatic rings. The summed E-state index contributed by atoms with van der Waals surface area (Å²) in [6, 6.07) is -0.499. The number of anilines is 2. The molecule has 1 aliphatic rings. The van der Waals surface area contributed by atoms with E-state index in [1.165, 1.54) is 33.7 Å². The molecule has 0 bridgehead atoms. The van der Waals surface area contributed by atoms with Crippen LogP contribution in [0.2, 0.25) is 0 Å². The highest BCUT2D eigenvalue weighted by Crippen LogP contribution is 2.34. The number of nitrogens with two attached hydrogens (primary N) is 1. The van der Waals surface area contributed by atoms with Crippen LogP contribution in [0.4, 0.5) is 29.1 Å². The van der Waals surface area contributed by atoms with E-state index in [2.05, 4.69) is 20.7 Å². The molecule has 12 heteroatoms. The van der Waals surface area contributed by atoms with Gasteiger partial charge in [0.25, 0.3) is 18.3 Å². The van der Waals surface area contributed by atoms with Gasteiger partial charge in [-0.1, -0.05) is 0 Å². The molecule has 160 valence electrons. The number of nitrogens with one attached hydrogen (secondary N) is 2. The van der Waals surface area contributed by atoms with Crippen molar-refractivity contribution in [3.63, 3.8) is 0 Å². The zero-order valence-corrected chi connectivity index (χ0v) is 16.3. The van der Waals surface area contributed by atoms with Crippen molar-refractivity contribution in [1.29, 1.82) is 0 Å². The molecule has 4 N–H and O–H groups in total. The number of thiophene rings is 1. The van der Waals surface area contributed by atoms with Crippen LogP contribution in [-0.2, 0) is 0 Å². The minimum Gasteiger partial charge on any atom is -0.365 e. The third-order valence-electron chi connectivity index (χ3n) is 5.07. The summed E-state index contributed by atoms with van der Waals surface area (Å²) in [6.45, 7) is 0. The van der Waals surface area contributed by atoms with Gasteiger partial charge in [0, 0.05) is 29.4 Å². The lowest BCUT2D eigenvalue weighted by Gasteiger charge is -2.36. The van der Waals surface area contributed by atoms with Gasteiger partial charge in [-0.05, 0) is 18.9 Å². The van der Waals surface area contributed by atoms with Crippen molar-refractivity contribution in [3.8, 4) is 0 Å². The molecule has 4 rings (SSSR count). The average molecular weight is 442 g/mol. The topological polar surface area (TPSA) is 97.3 Å². The third kappa shape index (κ3) is 3.84. The predicted molar refractivity (Wildman–Crippen MR) is 104 cm³/mol. The monoisotopic (exact) mass is 442 g/mol. The quantitative estimate of drug-likeness (QED) is 0.521. The normalized spacial score (nSPS) is 21.1. The van der Waals surface area contributed by atoms with E-state index in [-0.39, 0.29) is 34.7 Å². The smallest absolute Gasteiger partial charge is 0.266 e. The Balaban J connectivity index is 1.57. The Morgan fingerprint density at radius 1 is 1.37 bits per heavy atom. The molecule has 1 saturated carbocycles. The van der Waals surface area contributed by atoms with Gasteiger partial charge < -0.3 is 16.4 Å². The summed E-state index contributed by atoms with van der Waals surface area (Å²) in [5.41, 5.74) is 5.67. The number of aromatic nitrogens is 3. The lowest BCUT2D eigenvalue weighted by atomic mass is 9.87. The zero-order chi connectivity index (χ0) is 21.5. The van der Waals surface area contributed by atoms with Crippen molar-refractivity contribution in [2.24, 2.45) is 5.73 Å². The summed E-state index contributed by atoms with van der Waals surface area (Å²) in [7, 11) is 0. The summed E-state index contributed by atoms with van der Waals surface area (Å²) < 4.78 is 55.2. The summed E-state index contributed by atoms with van der Waals surface area (Å²) in [5, 5.41) is 12.1. The van der Waals surface area contributed by atoms with E-state index in [1.54, 1.807) is 0 Å². The van der Waals surface area contributed by atoms with E-state index in [4.69, 9.17) is 5.73 Å². The fourth-order valence-electron chi connectivity index (χ4n) is 3.43. The minimum absolute atomic E-state index is 0.0176. The second kappa shape index (κ2) is 7.84. The van der Waals surface area contributed by atoms with Gasteiger partial charge in [0.1, 0.15) is 11.4 Å². The summed E-state index contributed by atoms with van der Waals surface area (Å²) in [5.74, 6) is -3.36. The predicted octanol–water partition coefficient (Wildman–Crippen LogP) is 3.91. The number of nitrogens with zero attached hydrogens (tertiary/aromatic N) is 3. The second-order valence-corrected chi connectivity index (χ2v) is 7.81. The van der Waals surface area contributed by atoms with Crippen molar-refractivity contribution in [3.05, 3.63) is 40.3 Å².